The lowest BCUT2D eigenvalue weighted by atomic mass is 10.2. The molecule has 0 bridgehead atoms. The molecular formula is C20H19N3O4S. The Morgan fingerprint density at radius 1 is 0.929 bits per heavy atom. The van der Waals surface area contributed by atoms with Crippen LogP contribution in [0.25, 0.3) is 0 Å². The van der Waals surface area contributed by atoms with Gasteiger partial charge in [0.2, 0.25) is 0 Å². The zero-order valence-corrected chi connectivity index (χ0v) is 16.2. The highest BCUT2D eigenvalue weighted by molar-refractivity contribution is 7.92. The molecule has 28 heavy (non-hydrogen) atoms. The van der Waals surface area contributed by atoms with Crippen LogP contribution in [0.1, 0.15) is 15.9 Å². The van der Waals surface area contributed by atoms with Gasteiger partial charge in [-0.05, 0) is 55.5 Å². The van der Waals surface area contributed by atoms with E-state index < -0.39 is 16.0 Å². The highest BCUT2D eigenvalue weighted by Gasteiger charge is 2.14. The minimum atomic E-state index is -3.67. The van der Waals surface area contributed by atoms with Crippen molar-refractivity contribution >= 4 is 33.2 Å². The predicted octanol–water partition coefficient (Wildman–Crippen LogP) is 3.72. The van der Waals surface area contributed by atoms with Gasteiger partial charge in [0.1, 0.15) is 5.82 Å². The fourth-order valence-corrected chi connectivity index (χ4v) is 3.46. The fraction of sp³-hybridized carbons (Fsp3) is 0.100. The predicted molar refractivity (Wildman–Crippen MR) is 107 cm³/mol. The number of hydrogen-bond donors (Lipinski definition) is 2. The molecule has 144 valence electrons. The molecule has 0 aliphatic rings. The lowest BCUT2D eigenvalue weighted by Crippen LogP contribution is -2.13. The van der Waals surface area contributed by atoms with Gasteiger partial charge in [-0.2, -0.15) is 0 Å². The second kappa shape index (κ2) is 8.10. The number of anilines is 3. The molecule has 0 fully saturated rings. The van der Waals surface area contributed by atoms with Gasteiger partial charge in [0.15, 0.2) is 0 Å². The van der Waals surface area contributed by atoms with Crippen LogP contribution in [0.3, 0.4) is 0 Å². The first kappa shape index (κ1) is 19.4. The van der Waals surface area contributed by atoms with Gasteiger partial charge in [0.05, 0.1) is 29.5 Å². The van der Waals surface area contributed by atoms with Crippen molar-refractivity contribution in [2.24, 2.45) is 0 Å². The number of nitrogens with zero attached hydrogens (tertiary/aromatic N) is 1. The summed E-state index contributed by atoms with van der Waals surface area (Å²) in [6.07, 6.45) is 1.43. The van der Waals surface area contributed by atoms with Crippen molar-refractivity contribution < 1.29 is 17.9 Å². The van der Waals surface area contributed by atoms with Crippen LogP contribution in [0.4, 0.5) is 17.2 Å². The van der Waals surface area contributed by atoms with Crippen LogP contribution >= 0.6 is 0 Å². The van der Waals surface area contributed by atoms with Crippen LogP contribution in [0.15, 0.2) is 71.8 Å². The Morgan fingerprint density at radius 3 is 2.14 bits per heavy atom. The molecule has 2 N–H and O–H groups in total. The molecule has 0 aliphatic carbocycles. The molecule has 0 atom stereocenters. The van der Waals surface area contributed by atoms with Gasteiger partial charge in [-0.1, -0.05) is 17.7 Å². The van der Waals surface area contributed by atoms with Crippen LogP contribution in [0.2, 0.25) is 0 Å². The van der Waals surface area contributed by atoms with Gasteiger partial charge < -0.3 is 10.1 Å². The maximum atomic E-state index is 12.4. The van der Waals surface area contributed by atoms with E-state index in [1.54, 1.807) is 60.7 Å². The van der Waals surface area contributed by atoms with Gasteiger partial charge >= 0.3 is 5.97 Å². The Bertz CT molecular complexity index is 1060. The van der Waals surface area contributed by atoms with Crippen LogP contribution in [-0.2, 0) is 14.8 Å². The Morgan fingerprint density at radius 2 is 1.57 bits per heavy atom. The Labute approximate surface area is 163 Å². The first-order valence-electron chi connectivity index (χ1n) is 8.38. The minimum absolute atomic E-state index is 0.186. The Hall–Kier alpha value is -3.39. The highest BCUT2D eigenvalue weighted by atomic mass is 32.2. The van der Waals surface area contributed by atoms with E-state index in [4.69, 9.17) is 0 Å². The number of nitrogens with one attached hydrogen (secondary N) is 2. The van der Waals surface area contributed by atoms with Gasteiger partial charge in [-0.25, -0.2) is 18.2 Å². The zero-order valence-electron chi connectivity index (χ0n) is 15.3. The second-order valence-corrected chi connectivity index (χ2v) is 7.73. The van der Waals surface area contributed by atoms with Crippen LogP contribution in [0, 0.1) is 6.92 Å². The number of aryl methyl sites for hydroxylation is 1. The summed E-state index contributed by atoms with van der Waals surface area (Å²) in [4.78, 5) is 15.8. The molecule has 0 saturated carbocycles. The van der Waals surface area contributed by atoms with E-state index in [2.05, 4.69) is 19.8 Å². The van der Waals surface area contributed by atoms with Crippen molar-refractivity contribution in [1.29, 1.82) is 0 Å². The summed E-state index contributed by atoms with van der Waals surface area (Å²) >= 11 is 0. The number of rotatable bonds is 6. The SMILES string of the molecule is COC(=O)c1ccc(Nc2ccc(NS(=O)(=O)c3ccc(C)cc3)cn2)cc1. The molecule has 7 nitrogen and oxygen atoms in total. The smallest absolute Gasteiger partial charge is 0.337 e. The van der Waals surface area contributed by atoms with E-state index >= 15 is 0 Å². The molecule has 0 aliphatic heterocycles. The number of carbonyl (C=O) groups excluding carboxylic acids is 1. The quantitative estimate of drug-likeness (QED) is 0.615. The zero-order chi connectivity index (χ0) is 20.1. The van der Waals surface area contributed by atoms with Crippen molar-refractivity contribution in [2.45, 2.75) is 11.8 Å². The molecule has 3 rings (SSSR count). The third kappa shape index (κ3) is 4.66. The average Bonchev–Trinajstić information content (AvgIpc) is 2.69. The number of aromatic nitrogens is 1. The largest absolute Gasteiger partial charge is 0.465 e. The number of esters is 1. The normalized spacial score (nSPS) is 10.9. The number of hydrogen-bond acceptors (Lipinski definition) is 6. The molecule has 0 unspecified atom stereocenters. The van der Waals surface area contributed by atoms with Crippen molar-refractivity contribution in [3.05, 3.63) is 78.0 Å². The molecule has 1 heterocycles. The van der Waals surface area contributed by atoms with Gasteiger partial charge in [0.25, 0.3) is 10.0 Å². The van der Waals surface area contributed by atoms with Crippen molar-refractivity contribution in [1.82, 2.24) is 4.98 Å². The summed E-state index contributed by atoms with van der Waals surface area (Å²) in [5, 5.41) is 3.08. The topological polar surface area (TPSA) is 97.4 Å². The molecular weight excluding hydrogens is 378 g/mol. The molecule has 2 aromatic carbocycles. The number of benzene rings is 2. The summed E-state index contributed by atoms with van der Waals surface area (Å²) in [6, 6.07) is 16.6. The van der Waals surface area contributed by atoms with E-state index in [0.29, 0.717) is 17.1 Å². The second-order valence-electron chi connectivity index (χ2n) is 6.04. The first-order valence-corrected chi connectivity index (χ1v) is 9.87. The Balaban J connectivity index is 1.68. The number of methoxy groups -OCH3 is 1. The summed E-state index contributed by atoms with van der Waals surface area (Å²) in [6.45, 7) is 1.89. The molecule has 1 aromatic heterocycles. The van der Waals surface area contributed by atoms with E-state index in [1.807, 2.05) is 6.92 Å². The first-order chi connectivity index (χ1) is 13.4. The summed E-state index contributed by atoms with van der Waals surface area (Å²) in [5.74, 6) is 0.124. The monoisotopic (exact) mass is 397 g/mol. The number of pyridine rings is 1. The van der Waals surface area contributed by atoms with E-state index in [0.717, 1.165) is 11.3 Å². The van der Waals surface area contributed by atoms with Crippen molar-refractivity contribution in [2.75, 3.05) is 17.1 Å². The molecule has 0 saturated heterocycles. The highest BCUT2D eigenvalue weighted by Crippen LogP contribution is 2.19. The van der Waals surface area contributed by atoms with Crippen molar-refractivity contribution in [3.63, 3.8) is 0 Å². The maximum Gasteiger partial charge on any atom is 0.337 e. The van der Waals surface area contributed by atoms with Gasteiger partial charge in [-0.3, -0.25) is 4.72 Å². The van der Waals surface area contributed by atoms with E-state index in [1.165, 1.54) is 13.3 Å². The third-order valence-corrected chi connectivity index (χ3v) is 5.32. The Kier molecular flexibility index (Phi) is 5.60. The van der Waals surface area contributed by atoms with Crippen LogP contribution in [0.5, 0.6) is 0 Å². The van der Waals surface area contributed by atoms with Crippen LogP contribution < -0.4 is 10.0 Å². The standard InChI is InChI=1S/C20H19N3O4S/c1-14-3-10-18(11-4-14)28(25,26)23-17-9-12-19(21-13-17)22-16-7-5-15(6-8-16)20(24)27-2/h3-13,23H,1-2H3,(H,21,22). The molecule has 0 radical (unpaired) electrons. The van der Waals surface area contributed by atoms with E-state index in [9.17, 15) is 13.2 Å². The molecule has 0 amide bonds. The lowest BCUT2D eigenvalue weighted by Gasteiger charge is -2.10. The van der Waals surface area contributed by atoms with Crippen LogP contribution in [-0.4, -0.2) is 26.5 Å². The molecule has 0 spiro atoms. The number of sulfonamides is 1. The molecule has 8 heteroatoms. The lowest BCUT2D eigenvalue weighted by molar-refractivity contribution is 0.0600. The third-order valence-electron chi connectivity index (χ3n) is 3.93. The minimum Gasteiger partial charge on any atom is -0.465 e. The summed E-state index contributed by atoms with van der Waals surface area (Å²) < 4.78 is 32.0. The maximum absolute atomic E-state index is 12.4. The van der Waals surface area contributed by atoms with Gasteiger partial charge in [-0.15, -0.1) is 0 Å². The van der Waals surface area contributed by atoms with Gasteiger partial charge in [0, 0.05) is 5.69 Å². The average molecular weight is 397 g/mol. The summed E-state index contributed by atoms with van der Waals surface area (Å²) in [7, 11) is -2.35. The molecule has 3 aromatic rings. The fourth-order valence-electron chi connectivity index (χ4n) is 2.42. The van der Waals surface area contributed by atoms with E-state index in [-0.39, 0.29) is 4.90 Å². The summed E-state index contributed by atoms with van der Waals surface area (Å²) in [5.41, 5.74) is 2.51. The number of ether oxygens (including phenoxy) is 1. The van der Waals surface area contributed by atoms with Crippen molar-refractivity contribution in [3.8, 4) is 0 Å². The number of carbonyl (C=O) groups is 1.